The maximum absolute atomic E-state index is 10.3. The van der Waals surface area contributed by atoms with Gasteiger partial charge in [0.2, 0.25) is 0 Å². The molecule has 0 spiro atoms. The smallest absolute Gasteiger partial charge is 0.331 e. The number of allylic oxidation sites excluding steroid dienone is 2. The van der Waals surface area contributed by atoms with Crippen molar-refractivity contribution in [2.24, 2.45) is 0 Å². The average molecular weight is 265 g/mol. The van der Waals surface area contributed by atoms with Gasteiger partial charge in [0.05, 0.1) is 12.7 Å². The van der Waals surface area contributed by atoms with Gasteiger partial charge in [-0.1, -0.05) is 32.6 Å². The first-order valence-electron chi connectivity index (χ1n) is 5.74. The van der Waals surface area contributed by atoms with Gasteiger partial charge in [0, 0.05) is 17.7 Å². The summed E-state index contributed by atoms with van der Waals surface area (Å²) in [4.78, 5) is 20.4. The van der Waals surface area contributed by atoms with Crippen molar-refractivity contribution in [3.63, 3.8) is 0 Å². The number of hydrogen-bond acceptors (Lipinski definition) is 4. The quantitative estimate of drug-likeness (QED) is 0.331. The van der Waals surface area contributed by atoms with Crippen molar-refractivity contribution >= 4 is 11.9 Å². The standard InChI is InChI=1S/C7H7NO2.C7H12O2/c1-6(7(9)10)4-2-3-5-8;1-3-5-6-9-7(8)4-2/h2-3H,1,4H2,(H,9,10);4H,2-3,5-6H2,1H3. The maximum Gasteiger partial charge on any atom is 0.331 e. The van der Waals surface area contributed by atoms with Crippen LogP contribution in [0.15, 0.2) is 37.0 Å². The Bertz CT molecular complexity index is 377. The van der Waals surface area contributed by atoms with Crippen molar-refractivity contribution in [2.75, 3.05) is 6.61 Å². The van der Waals surface area contributed by atoms with Gasteiger partial charge in [-0.15, -0.1) is 0 Å². The number of nitriles is 1. The molecule has 104 valence electrons. The van der Waals surface area contributed by atoms with E-state index in [9.17, 15) is 9.59 Å². The van der Waals surface area contributed by atoms with E-state index in [1.807, 2.05) is 6.92 Å². The number of hydrogen-bond donors (Lipinski definition) is 1. The molecule has 0 fully saturated rings. The van der Waals surface area contributed by atoms with Crippen molar-refractivity contribution in [3.8, 4) is 6.07 Å². The van der Waals surface area contributed by atoms with E-state index in [1.54, 1.807) is 6.07 Å². The summed E-state index contributed by atoms with van der Waals surface area (Å²) in [6.07, 6.45) is 6.06. The molecule has 0 rings (SSSR count). The minimum atomic E-state index is -1.03. The molecular weight excluding hydrogens is 246 g/mol. The van der Waals surface area contributed by atoms with Crippen LogP contribution in [0.5, 0.6) is 0 Å². The third-order valence-corrected chi connectivity index (χ3v) is 1.77. The Morgan fingerprint density at radius 2 is 2.11 bits per heavy atom. The predicted molar refractivity (Wildman–Crippen MR) is 72.2 cm³/mol. The maximum atomic E-state index is 10.3. The molecule has 0 heterocycles. The number of unbranched alkanes of at least 4 members (excludes halogenated alkanes) is 1. The summed E-state index contributed by atoms with van der Waals surface area (Å²) in [6.45, 7) is 9.09. The third-order valence-electron chi connectivity index (χ3n) is 1.77. The van der Waals surface area contributed by atoms with Crippen molar-refractivity contribution in [1.82, 2.24) is 0 Å². The van der Waals surface area contributed by atoms with Crippen LogP contribution in [0.2, 0.25) is 0 Å². The van der Waals surface area contributed by atoms with Gasteiger partial charge in [0.25, 0.3) is 0 Å². The summed E-state index contributed by atoms with van der Waals surface area (Å²) in [6, 6.07) is 1.75. The number of carbonyl (C=O) groups excluding carboxylic acids is 1. The molecule has 0 unspecified atom stereocenters. The molecule has 0 saturated carbocycles. The molecule has 5 nitrogen and oxygen atoms in total. The Hall–Kier alpha value is -2.35. The Balaban J connectivity index is 0. The van der Waals surface area contributed by atoms with Crippen LogP contribution in [0.1, 0.15) is 26.2 Å². The molecule has 0 radical (unpaired) electrons. The van der Waals surface area contributed by atoms with Crippen LogP contribution in [0, 0.1) is 11.3 Å². The summed E-state index contributed by atoms with van der Waals surface area (Å²) >= 11 is 0. The molecule has 0 saturated heterocycles. The number of carboxylic acid groups (broad SMARTS) is 1. The van der Waals surface area contributed by atoms with Crippen LogP contribution in [0.4, 0.5) is 0 Å². The monoisotopic (exact) mass is 265 g/mol. The van der Waals surface area contributed by atoms with Crippen molar-refractivity contribution in [1.29, 1.82) is 5.26 Å². The Morgan fingerprint density at radius 1 is 1.47 bits per heavy atom. The second-order valence-electron chi connectivity index (χ2n) is 3.37. The van der Waals surface area contributed by atoms with Crippen LogP contribution in [-0.4, -0.2) is 23.7 Å². The number of ether oxygens (including phenoxy) is 1. The highest BCUT2D eigenvalue weighted by molar-refractivity contribution is 5.86. The minimum Gasteiger partial charge on any atom is -0.478 e. The van der Waals surface area contributed by atoms with E-state index in [1.165, 1.54) is 18.2 Å². The second-order valence-corrected chi connectivity index (χ2v) is 3.37. The topological polar surface area (TPSA) is 87.4 Å². The Labute approximate surface area is 113 Å². The fourth-order valence-electron chi connectivity index (χ4n) is 0.717. The molecule has 0 aliphatic rings. The summed E-state index contributed by atoms with van der Waals surface area (Å²) in [7, 11) is 0. The van der Waals surface area contributed by atoms with Crippen LogP contribution < -0.4 is 0 Å². The van der Waals surface area contributed by atoms with Crippen LogP contribution in [0.3, 0.4) is 0 Å². The van der Waals surface area contributed by atoms with Gasteiger partial charge in [-0.25, -0.2) is 9.59 Å². The summed E-state index contributed by atoms with van der Waals surface area (Å²) in [5, 5.41) is 16.3. The fraction of sp³-hybridized carbons (Fsp3) is 0.357. The minimum absolute atomic E-state index is 0.0894. The highest BCUT2D eigenvalue weighted by Gasteiger charge is 1.98. The Morgan fingerprint density at radius 3 is 2.53 bits per heavy atom. The van der Waals surface area contributed by atoms with Crippen LogP contribution >= 0.6 is 0 Å². The molecule has 0 atom stereocenters. The summed E-state index contributed by atoms with van der Waals surface area (Å²) in [5.41, 5.74) is 0.0894. The van der Waals surface area contributed by atoms with Crippen LogP contribution in [0.25, 0.3) is 0 Å². The van der Waals surface area contributed by atoms with Gasteiger partial charge in [-0.2, -0.15) is 5.26 Å². The van der Waals surface area contributed by atoms with E-state index in [-0.39, 0.29) is 18.0 Å². The van der Waals surface area contributed by atoms with Crippen LogP contribution in [-0.2, 0) is 14.3 Å². The van der Waals surface area contributed by atoms with E-state index >= 15 is 0 Å². The van der Waals surface area contributed by atoms with Gasteiger partial charge >= 0.3 is 11.9 Å². The van der Waals surface area contributed by atoms with Gasteiger partial charge < -0.3 is 9.84 Å². The van der Waals surface area contributed by atoms with E-state index in [2.05, 4.69) is 17.9 Å². The number of rotatable bonds is 7. The van der Waals surface area contributed by atoms with Gasteiger partial charge in [-0.3, -0.25) is 0 Å². The zero-order chi connectivity index (χ0) is 15.1. The number of aliphatic carboxylic acids is 1. The molecule has 0 aromatic rings. The molecule has 0 aliphatic carbocycles. The number of carbonyl (C=O) groups is 2. The van der Waals surface area contributed by atoms with Gasteiger partial charge in [0.15, 0.2) is 0 Å². The molecule has 0 aromatic heterocycles. The number of nitrogens with zero attached hydrogens (tertiary/aromatic N) is 1. The zero-order valence-electron chi connectivity index (χ0n) is 11.1. The molecule has 1 N–H and O–H groups in total. The molecular formula is C14H19NO4. The number of esters is 1. The lowest BCUT2D eigenvalue weighted by Crippen LogP contribution is -2.00. The molecule has 0 bridgehead atoms. The summed E-state index contributed by atoms with van der Waals surface area (Å²) < 4.78 is 4.67. The fourth-order valence-corrected chi connectivity index (χ4v) is 0.717. The lowest BCUT2D eigenvalue weighted by atomic mass is 10.2. The Kier molecular flexibility index (Phi) is 13.7. The lowest BCUT2D eigenvalue weighted by Gasteiger charge is -1.97. The zero-order valence-corrected chi connectivity index (χ0v) is 11.1. The summed E-state index contributed by atoms with van der Waals surface area (Å²) in [5.74, 6) is -1.36. The molecule has 0 aromatic carbocycles. The van der Waals surface area contributed by atoms with E-state index in [4.69, 9.17) is 10.4 Å². The highest BCUT2D eigenvalue weighted by Crippen LogP contribution is 1.97. The SMILES string of the molecule is C=C(CC=CC#N)C(=O)O.C=CC(=O)OCCCC. The molecule has 19 heavy (non-hydrogen) atoms. The first kappa shape index (κ1) is 19.0. The van der Waals surface area contributed by atoms with E-state index < -0.39 is 5.97 Å². The van der Waals surface area contributed by atoms with E-state index in [0.717, 1.165) is 12.8 Å². The van der Waals surface area contributed by atoms with Gasteiger partial charge in [0.1, 0.15) is 0 Å². The number of carboxylic acids is 1. The average Bonchev–Trinajstić information content (AvgIpc) is 2.39. The predicted octanol–water partition coefficient (Wildman–Crippen LogP) is 2.61. The first-order chi connectivity index (χ1) is 8.99. The highest BCUT2D eigenvalue weighted by atomic mass is 16.5. The third kappa shape index (κ3) is 15.6. The largest absolute Gasteiger partial charge is 0.478 e. The molecule has 5 heteroatoms. The van der Waals surface area contributed by atoms with Crippen molar-refractivity contribution in [3.05, 3.63) is 37.0 Å². The van der Waals surface area contributed by atoms with Crippen molar-refractivity contribution in [2.45, 2.75) is 26.2 Å². The molecule has 0 aliphatic heterocycles. The molecule has 0 amide bonds. The van der Waals surface area contributed by atoms with E-state index in [0.29, 0.717) is 6.61 Å². The lowest BCUT2D eigenvalue weighted by molar-refractivity contribution is -0.138. The van der Waals surface area contributed by atoms with Crippen molar-refractivity contribution < 1.29 is 19.4 Å². The van der Waals surface area contributed by atoms with Gasteiger partial charge in [-0.05, 0) is 12.8 Å². The normalized spacial score (nSPS) is 8.84. The first-order valence-corrected chi connectivity index (χ1v) is 5.74. The second kappa shape index (κ2) is 13.7.